The van der Waals surface area contributed by atoms with Crippen molar-refractivity contribution in [1.82, 2.24) is 0 Å². The second-order valence-electron chi connectivity index (χ2n) is 5.20. The van der Waals surface area contributed by atoms with Crippen LogP contribution in [0.3, 0.4) is 0 Å². The van der Waals surface area contributed by atoms with Gasteiger partial charge in [0.15, 0.2) is 0 Å². The fourth-order valence-electron chi connectivity index (χ4n) is 1.39. The molecule has 0 bridgehead atoms. The van der Waals surface area contributed by atoms with Crippen molar-refractivity contribution in [3.8, 4) is 17.6 Å². The van der Waals surface area contributed by atoms with Gasteiger partial charge in [0, 0.05) is 15.5 Å². The Balaban J connectivity index is 2.75. The van der Waals surface area contributed by atoms with E-state index in [0.717, 1.165) is 10.0 Å². The summed E-state index contributed by atoms with van der Waals surface area (Å²) in [6.07, 6.45) is -0.562. The second-order valence-corrected chi connectivity index (χ2v) is 6.11. The molecular weight excluding hydrogens is 292 g/mol. The quantitative estimate of drug-likeness (QED) is 0.857. The topological polar surface area (TPSA) is 29.5 Å². The van der Waals surface area contributed by atoms with Crippen molar-refractivity contribution in [3.63, 3.8) is 0 Å². The van der Waals surface area contributed by atoms with E-state index in [0.29, 0.717) is 12.4 Å². The van der Waals surface area contributed by atoms with Crippen LogP contribution in [0.2, 0.25) is 0 Å². The highest BCUT2D eigenvalue weighted by Crippen LogP contribution is 2.28. The molecule has 3 heteroatoms. The monoisotopic (exact) mass is 310 g/mol. The van der Waals surface area contributed by atoms with Crippen LogP contribution >= 0.6 is 15.9 Å². The summed E-state index contributed by atoms with van der Waals surface area (Å²) in [5.74, 6) is 6.77. The van der Waals surface area contributed by atoms with Crippen molar-refractivity contribution in [1.29, 1.82) is 0 Å². The number of hydrogen-bond acceptors (Lipinski definition) is 2. The first-order valence-corrected chi connectivity index (χ1v) is 6.69. The third kappa shape index (κ3) is 5.12. The standard InChI is InChI=1S/C15H19BrO2/c1-11(17)13-10-12(16)6-7-14(13)18-9-5-8-15(2,3)4/h6-7,10-11,17H,9H2,1-4H3. The molecule has 0 amide bonds. The molecule has 0 radical (unpaired) electrons. The van der Waals surface area contributed by atoms with Gasteiger partial charge in [-0.1, -0.05) is 27.8 Å². The zero-order valence-corrected chi connectivity index (χ0v) is 12.8. The highest BCUT2D eigenvalue weighted by Gasteiger charge is 2.09. The number of ether oxygens (including phenoxy) is 1. The molecule has 0 spiro atoms. The maximum Gasteiger partial charge on any atom is 0.149 e. The molecule has 1 aromatic carbocycles. The summed E-state index contributed by atoms with van der Waals surface area (Å²) in [7, 11) is 0. The minimum atomic E-state index is -0.562. The molecule has 18 heavy (non-hydrogen) atoms. The Kier molecular flexibility index (Phi) is 5.25. The van der Waals surface area contributed by atoms with Crippen molar-refractivity contribution in [2.75, 3.05) is 6.61 Å². The van der Waals surface area contributed by atoms with Crippen molar-refractivity contribution in [2.24, 2.45) is 5.41 Å². The summed E-state index contributed by atoms with van der Waals surface area (Å²) >= 11 is 3.38. The van der Waals surface area contributed by atoms with E-state index in [1.54, 1.807) is 6.92 Å². The SMILES string of the molecule is CC(O)c1cc(Br)ccc1OCC#CC(C)(C)C. The van der Waals surface area contributed by atoms with Gasteiger partial charge in [0.2, 0.25) is 0 Å². The van der Waals surface area contributed by atoms with Crippen LogP contribution in [-0.4, -0.2) is 11.7 Å². The molecule has 1 N–H and O–H groups in total. The molecule has 1 rings (SSSR count). The Labute approximate surface area is 117 Å². The van der Waals surface area contributed by atoms with Gasteiger partial charge in [-0.2, -0.15) is 0 Å². The minimum Gasteiger partial charge on any atom is -0.481 e. The predicted octanol–water partition coefficient (Wildman–Crippen LogP) is 3.93. The normalized spacial score (nSPS) is 12.6. The van der Waals surface area contributed by atoms with Gasteiger partial charge < -0.3 is 9.84 Å². The molecule has 0 saturated heterocycles. The first-order valence-electron chi connectivity index (χ1n) is 5.90. The average molecular weight is 311 g/mol. The van der Waals surface area contributed by atoms with Crippen LogP contribution in [-0.2, 0) is 0 Å². The number of hydrogen-bond donors (Lipinski definition) is 1. The van der Waals surface area contributed by atoms with Crippen LogP contribution < -0.4 is 4.74 Å². The van der Waals surface area contributed by atoms with E-state index in [9.17, 15) is 5.11 Å². The van der Waals surface area contributed by atoms with Crippen LogP contribution in [0.25, 0.3) is 0 Å². The van der Waals surface area contributed by atoms with Gasteiger partial charge in [0.1, 0.15) is 12.4 Å². The Hall–Kier alpha value is -0.980. The van der Waals surface area contributed by atoms with E-state index in [4.69, 9.17) is 4.74 Å². The Morgan fingerprint density at radius 1 is 1.39 bits per heavy atom. The molecule has 0 fully saturated rings. The van der Waals surface area contributed by atoms with Crippen LogP contribution in [0.5, 0.6) is 5.75 Å². The zero-order valence-electron chi connectivity index (χ0n) is 11.2. The molecule has 2 nitrogen and oxygen atoms in total. The van der Waals surface area contributed by atoms with Crippen molar-refractivity contribution >= 4 is 15.9 Å². The lowest BCUT2D eigenvalue weighted by Crippen LogP contribution is -2.03. The Bertz CT molecular complexity index is 462. The van der Waals surface area contributed by atoms with E-state index in [1.165, 1.54) is 0 Å². The lowest BCUT2D eigenvalue weighted by Gasteiger charge is -2.12. The summed E-state index contributed by atoms with van der Waals surface area (Å²) in [6, 6.07) is 5.58. The summed E-state index contributed by atoms with van der Waals surface area (Å²) in [5.41, 5.74) is 0.748. The molecule has 0 heterocycles. The van der Waals surface area contributed by atoms with Crippen molar-refractivity contribution in [3.05, 3.63) is 28.2 Å². The molecule has 1 atom stereocenters. The summed E-state index contributed by atoms with van der Waals surface area (Å²) in [5, 5.41) is 9.68. The lowest BCUT2D eigenvalue weighted by molar-refractivity contribution is 0.193. The maximum atomic E-state index is 9.68. The van der Waals surface area contributed by atoms with Crippen LogP contribution in [0, 0.1) is 17.3 Å². The molecule has 0 aliphatic rings. The minimum absolute atomic E-state index is 0.0177. The predicted molar refractivity (Wildman–Crippen MR) is 77.5 cm³/mol. The second kappa shape index (κ2) is 6.26. The highest BCUT2D eigenvalue weighted by molar-refractivity contribution is 9.10. The fourth-order valence-corrected chi connectivity index (χ4v) is 1.77. The molecule has 0 aliphatic carbocycles. The summed E-state index contributed by atoms with van der Waals surface area (Å²) < 4.78 is 6.52. The highest BCUT2D eigenvalue weighted by atomic mass is 79.9. The summed E-state index contributed by atoms with van der Waals surface area (Å²) in [4.78, 5) is 0. The maximum absolute atomic E-state index is 9.68. The van der Waals surface area contributed by atoms with E-state index in [-0.39, 0.29) is 5.41 Å². The Morgan fingerprint density at radius 3 is 2.61 bits per heavy atom. The zero-order chi connectivity index (χ0) is 13.8. The molecule has 1 unspecified atom stereocenters. The van der Waals surface area contributed by atoms with Crippen LogP contribution in [0.15, 0.2) is 22.7 Å². The van der Waals surface area contributed by atoms with Crippen LogP contribution in [0.1, 0.15) is 39.4 Å². The van der Waals surface area contributed by atoms with Crippen LogP contribution in [0.4, 0.5) is 0 Å². The first-order chi connectivity index (χ1) is 8.29. The largest absolute Gasteiger partial charge is 0.481 e. The van der Waals surface area contributed by atoms with E-state index >= 15 is 0 Å². The van der Waals surface area contributed by atoms with Gasteiger partial charge in [0.05, 0.1) is 6.10 Å². The molecular formula is C15H19BrO2. The van der Waals surface area contributed by atoms with Gasteiger partial charge in [-0.15, -0.1) is 0 Å². The number of benzene rings is 1. The van der Waals surface area contributed by atoms with Crippen molar-refractivity contribution in [2.45, 2.75) is 33.8 Å². The number of aliphatic hydroxyl groups is 1. The lowest BCUT2D eigenvalue weighted by atomic mass is 9.98. The third-order valence-electron chi connectivity index (χ3n) is 2.19. The summed E-state index contributed by atoms with van der Waals surface area (Å²) in [6.45, 7) is 8.22. The molecule has 0 saturated carbocycles. The van der Waals surface area contributed by atoms with Gasteiger partial charge in [0.25, 0.3) is 0 Å². The van der Waals surface area contributed by atoms with E-state index in [2.05, 4.69) is 48.5 Å². The molecule has 1 aromatic rings. The molecule has 0 aromatic heterocycles. The Morgan fingerprint density at radius 2 is 2.06 bits per heavy atom. The molecule has 98 valence electrons. The number of halogens is 1. The number of rotatable bonds is 3. The molecule has 0 aliphatic heterocycles. The number of aliphatic hydroxyl groups excluding tert-OH is 1. The van der Waals surface area contributed by atoms with E-state index in [1.807, 2.05) is 18.2 Å². The van der Waals surface area contributed by atoms with Crippen molar-refractivity contribution < 1.29 is 9.84 Å². The fraction of sp³-hybridized carbons (Fsp3) is 0.467. The van der Waals surface area contributed by atoms with E-state index < -0.39 is 6.10 Å². The third-order valence-corrected chi connectivity index (χ3v) is 2.68. The first kappa shape index (κ1) is 15.1. The van der Waals surface area contributed by atoms with Gasteiger partial charge >= 0.3 is 0 Å². The van der Waals surface area contributed by atoms with Gasteiger partial charge in [-0.3, -0.25) is 0 Å². The van der Waals surface area contributed by atoms with Gasteiger partial charge in [-0.05, 0) is 45.9 Å². The average Bonchev–Trinajstić information content (AvgIpc) is 2.24. The van der Waals surface area contributed by atoms with Gasteiger partial charge in [-0.25, -0.2) is 0 Å². The smallest absolute Gasteiger partial charge is 0.149 e.